The highest BCUT2D eigenvalue weighted by Gasteiger charge is 2.31. The molecule has 43 heavy (non-hydrogen) atoms. The summed E-state index contributed by atoms with van der Waals surface area (Å²) in [6, 6.07) is 13.1. The Morgan fingerprint density at radius 3 is 2.60 bits per heavy atom. The maximum Gasteiger partial charge on any atom is 0.416 e. The molecule has 0 saturated carbocycles. The van der Waals surface area contributed by atoms with Gasteiger partial charge in [-0.25, -0.2) is 9.97 Å². The van der Waals surface area contributed by atoms with E-state index in [1.165, 1.54) is 18.5 Å². The van der Waals surface area contributed by atoms with Crippen molar-refractivity contribution in [3.05, 3.63) is 83.3 Å². The summed E-state index contributed by atoms with van der Waals surface area (Å²) in [5.41, 5.74) is 1.71. The van der Waals surface area contributed by atoms with Crippen molar-refractivity contribution in [3.63, 3.8) is 0 Å². The molecule has 0 unspecified atom stereocenters. The Labute approximate surface area is 247 Å². The van der Waals surface area contributed by atoms with Crippen LogP contribution in [0.4, 0.5) is 36.2 Å². The average molecular weight is 595 g/mol. The lowest BCUT2D eigenvalue weighted by atomic mass is 10.1. The summed E-state index contributed by atoms with van der Waals surface area (Å²) in [5.74, 6) is 1.16. The van der Waals surface area contributed by atoms with E-state index < -0.39 is 17.6 Å². The summed E-state index contributed by atoms with van der Waals surface area (Å²) >= 11 is 0. The standard InChI is InChI=1S/C30H33F3N8O2/c1-19-6-7-23(37-29(43)21-4-3-5-22(15-21)30(31,32)33)16-25(19)38-28-14-20(2)39-41(28)27-17-26(35-18-36-27)34-10-13-40-11-8-24(42)9-12-40/h3-7,14-18,24,38,42H,8-13H2,1-2H3,(H,37,43)(H,34,35,36). The van der Waals surface area contributed by atoms with Crippen LogP contribution in [0, 0.1) is 13.8 Å². The molecule has 1 amide bonds. The molecule has 5 rings (SSSR count). The summed E-state index contributed by atoms with van der Waals surface area (Å²) in [5, 5.41) is 23.6. The van der Waals surface area contributed by atoms with Crippen molar-refractivity contribution in [2.75, 3.05) is 42.1 Å². The Bertz CT molecular complexity index is 1580. The van der Waals surface area contributed by atoms with E-state index in [1.54, 1.807) is 28.9 Å². The average Bonchev–Trinajstić information content (AvgIpc) is 3.35. The number of halogens is 3. The van der Waals surface area contributed by atoms with Crippen LogP contribution >= 0.6 is 0 Å². The molecule has 13 heteroatoms. The van der Waals surface area contributed by atoms with E-state index in [-0.39, 0.29) is 11.7 Å². The molecule has 0 radical (unpaired) electrons. The molecule has 0 atom stereocenters. The van der Waals surface area contributed by atoms with Crippen LogP contribution in [0.15, 0.2) is 60.9 Å². The van der Waals surface area contributed by atoms with Crippen LogP contribution in [0.25, 0.3) is 5.82 Å². The fourth-order valence-electron chi connectivity index (χ4n) is 4.82. The molecular formula is C30H33F3N8O2. The van der Waals surface area contributed by atoms with E-state index in [0.29, 0.717) is 35.4 Å². The van der Waals surface area contributed by atoms with Crippen molar-refractivity contribution >= 4 is 28.9 Å². The maximum atomic E-state index is 13.1. The first-order valence-electron chi connectivity index (χ1n) is 13.9. The third-order valence-electron chi connectivity index (χ3n) is 7.20. The maximum absolute atomic E-state index is 13.1. The first kappa shape index (κ1) is 30.0. The summed E-state index contributed by atoms with van der Waals surface area (Å²) in [4.78, 5) is 23.8. The van der Waals surface area contributed by atoms with Crippen LogP contribution in [-0.4, -0.2) is 67.9 Å². The quantitative estimate of drug-likeness (QED) is 0.210. The molecule has 0 spiro atoms. The zero-order chi connectivity index (χ0) is 30.6. The number of benzene rings is 2. The Kier molecular flexibility index (Phi) is 8.92. The van der Waals surface area contributed by atoms with Gasteiger partial charge in [0.2, 0.25) is 0 Å². The molecule has 4 N–H and O–H groups in total. The van der Waals surface area contributed by atoms with E-state index in [9.17, 15) is 23.1 Å². The predicted molar refractivity (Wildman–Crippen MR) is 158 cm³/mol. The monoisotopic (exact) mass is 594 g/mol. The lowest BCUT2D eigenvalue weighted by molar-refractivity contribution is -0.137. The second kappa shape index (κ2) is 12.8. The minimum Gasteiger partial charge on any atom is -0.393 e. The van der Waals surface area contributed by atoms with E-state index in [4.69, 9.17) is 0 Å². The summed E-state index contributed by atoms with van der Waals surface area (Å²) in [6.45, 7) is 7.01. The van der Waals surface area contributed by atoms with Crippen LogP contribution in [0.3, 0.4) is 0 Å². The molecule has 1 fully saturated rings. The first-order chi connectivity index (χ1) is 20.5. The third kappa shape index (κ3) is 7.67. The van der Waals surface area contributed by atoms with Crippen LogP contribution in [0.5, 0.6) is 0 Å². The van der Waals surface area contributed by atoms with E-state index in [1.807, 2.05) is 19.9 Å². The van der Waals surface area contributed by atoms with Gasteiger partial charge in [0.05, 0.1) is 17.4 Å². The van der Waals surface area contributed by atoms with Crippen molar-refractivity contribution in [3.8, 4) is 5.82 Å². The molecule has 226 valence electrons. The summed E-state index contributed by atoms with van der Waals surface area (Å²) < 4.78 is 41.0. The van der Waals surface area contributed by atoms with Gasteiger partial charge in [-0.3, -0.25) is 4.79 Å². The Morgan fingerprint density at radius 1 is 1.05 bits per heavy atom. The number of piperidine rings is 1. The lowest BCUT2D eigenvalue weighted by Crippen LogP contribution is -2.38. The number of aromatic nitrogens is 4. The minimum atomic E-state index is -4.54. The molecule has 1 aliphatic heterocycles. The van der Waals surface area contributed by atoms with Crippen LogP contribution < -0.4 is 16.0 Å². The molecule has 10 nitrogen and oxygen atoms in total. The number of hydrogen-bond acceptors (Lipinski definition) is 8. The minimum absolute atomic E-state index is 0.0958. The highest BCUT2D eigenvalue weighted by Crippen LogP contribution is 2.30. The number of aryl methyl sites for hydroxylation is 2. The van der Waals surface area contributed by atoms with Gasteiger partial charge in [0.25, 0.3) is 5.91 Å². The molecule has 3 heterocycles. The fourth-order valence-corrected chi connectivity index (χ4v) is 4.82. The smallest absolute Gasteiger partial charge is 0.393 e. The van der Waals surface area contributed by atoms with Gasteiger partial charge in [-0.1, -0.05) is 12.1 Å². The lowest BCUT2D eigenvalue weighted by Gasteiger charge is -2.29. The zero-order valence-electron chi connectivity index (χ0n) is 23.8. The topological polar surface area (TPSA) is 120 Å². The molecule has 0 aliphatic carbocycles. The number of aliphatic hydroxyl groups excluding tert-OH is 1. The zero-order valence-corrected chi connectivity index (χ0v) is 23.8. The second-order valence-corrected chi connectivity index (χ2v) is 10.5. The number of carbonyl (C=O) groups is 1. The molecule has 1 saturated heterocycles. The van der Waals surface area contributed by atoms with Gasteiger partial charge in [-0.15, -0.1) is 0 Å². The normalized spacial score (nSPS) is 14.5. The molecule has 0 bridgehead atoms. The highest BCUT2D eigenvalue weighted by molar-refractivity contribution is 6.04. The number of likely N-dealkylation sites (tertiary alicyclic amines) is 1. The van der Waals surface area contributed by atoms with Crippen LogP contribution in [0.1, 0.15) is 40.0 Å². The number of alkyl halides is 3. The fraction of sp³-hybridized carbons (Fsp3) is 0.333. The number of rotatable bonds is 9. The van der Waals surface area contributed by atoms with Gasteiger partial charge in [0.1, 0.15) is 18.0 Å². The Balaban J connectivity index is 1.28. The summed E-state index contributed by atoms with van der Waals surface area (Å²) in [6.07, 6.45) is -1.71. The number of hydrogen-bond donors (Lipinski definition) is 4. The van der Waals surface area contributed by atoms with Crippen LogP contribution in [-0.2, 0) is 6.18 Å². The van der Waals surface area contributed by atoms with Crippen molar-refractivity contribution in [1.29, 1.82) is 0 Å². The van der Waals surface area contributed by atoms with Crippen molar-refractivity contribution in [1.82, 2.24) is 24.6 Å². The molecule has 2 aromatic heterocycles. The van der Waals surface area contributed by atoms with E-state index >= 15 is 0 Å². The summed E-state index contributed by atoms with van der Waals surface area (Å²) in [7, 11) is 0. The number of nitrogens with zero attached hydrogens (tertiary/aromatic N) is 5. The first-order valence-corrected chi connectivity index (χ1v) is 13.9. The van der Waals surface area contributed by atoms with Crippen LogP contribution in [0.2, 0.25) is 0 Å². The molecule has 1 aliphatic rings. The van der Waals surface area contributed by atoms with E-state index in [0.717, 1.165) is 55.9 Å². The largest absolute Gasteiger partial charge is 0.416 e. The number of aliphatic hydroxyl groups is 1. The van der Waals surface area contributed by atoms with Gasteiger partial charge >= 0.3 is 6.18 Å². The second-order valence-electron chi connectivity index (χ2n) is 10.5. The van der Waals surface area contributed by atoms with Crippen molar-refractivity contribution in [2.45, 2.75) is 39.0 Å². The Morgan fingerprint density at radius 2 is 1.84 bits per heavy atom. The molecular weight excluding hydrogens is 561 g/mol. The van der Waals surface area contributed by atoms with Gasteiger partial charge in [0, 0.05) is 55.2 Å². The number of carbonyl (C=O) groups excluding carboxylic acids is 1. The molecule has 2 aromatic carbocycles. The van der Waals surface area contributed by atoms with Gasteiger partial charge in [-0.2, -0.15) is 23.0 Å². The predicted octanol–water partition coefficient (Wildman–Crippen LogP) is 5.16. The van der Waals surface area contributed by atoms with Crippen molar-refractivity contribution in [2.24, 2.45) is 0 Å². The van der Waals surface area contributed by atoms with E-state index in [2.05, 4.69) is 35.9 Å². The number of anilines is 4. The SMILES string of the molecule is Cc1cc(Nc2cc(NC(=O)c3cccc(C(F)(F)F)c3)ccc2C)n(-c2cc(NCCN3CCC(O)CC3)ncn2)n1. The number of amides is 1. The highest BCUT2D eigenvalue weighted by atomic mass is 19.4. The van der Waals surface area contributed by atoms with Gasteiger partial charge < -0.3 is 26.0 Å². The molecule has 4 aromatic rings. The van der Waals surface area contributed by atoms with Crippen molar-refractivity contribution < 1.29 is 23.1 Å². The van der Waals surface area contributed by atoms with Gasteiger partial charge in [0.15, 0.2) is 5.82 Å². The Hall–Kier alpha value is -4.49. The van der Waals surface area contributed by atoms with Gasteiger partial charge in [-0.05, 0) is 62.6 Å². The third-order valence-corrected chi connectivity index (χ3v) is 7.20. The number of nitrogens with one attached hydrogen (secondary N) is 3.